The highest BCUT2D eigenvalue weighted by Crippen LogP contribution is 2.35. The fraction of sp³-hybridized carbons (Fsp3) is 0.435. The van der Waals surface area contributed by atoms with Crippen LogP contribution in [0.2, 0.25) is 0 Å². The van der Waals surface area contributed by atoms with E-state index in [9.17, 15) is 5.11 Å². The first-order chi connectivity index (χ1) is 14.7. The molecule has 2 aromatic rings. The number of benzene rings is 1. The zero-order chi connectivity index (χ0) is 20.6. The van der Waals surface area contributed by atoms with Crippen molar-refractivity contribution in [2.45, 2.75) is 31.5 Å². The molecule has 3 aliphatic rings. The quantitative estimate of drug-likeness (QED) is 0.812. The third-order valence-corrected chi connectivity index (χ3v) is 6.48. The first-order valence-corrected chi connectivity index (χ1v) is 10.8. The summed E-state index contributed by atoms with van der Waals surface area (Å²) in [5.41, 5.74) is 3.26. The Morgan fingerprint density at radius 1 is 1.03 bits per heavy atom. The molecule has 0 spiro atoms. The van der Waals surface area contributed by atoms with Gasteiger partial charge in [-0.25, -0.2) is 0 Å². The molecule has 2 aliphatic heterocycles. The summed E-state index contributed by atoms with van der Waals surface area (Å²) >= 11 is 0. The second-order valence-corrected chi connectivity index (χ2v) is 8.13. The van der Waals surface area contributed by atoms with Gasteiger partial charge >= 0.3 is 0 Å². The third-order valence-electron chi connectivity index (χ3n) is 6.48. The Hall–Kier alpha value is -2.93. The number of hydrogen-bond acceptors (Lipinski definition) is 6. The van der Waals surface area contributed by atoms with E-state index < -0.39 is 5.79 Å². The van der Waals surface area contributed by atoms with Gasteiger partial charge in [-0.1, -0.05) is 6.08 Å². The van der Waals surface area contributed by atoms with E-state index in [1.807, 2.05) is 30.5 Å². The van der Waals surface area contributed by atoms with Gasteiger partial charge in [-0.05, 0) is 68.3 Å². The summed E-state index contributed by atoms with van der Waals surface area (Å²) in [5.74, 6) is 0.495. The van der Waals surface area contributed by atoms with Gasteiger partial charge in [-0.3, -0.25) is 4.90 Å². The molecule has 1 aromatic carbocycles. The molecular formula is C23H29N5O2. The molecule has 7 heteroatoms. The highest BCUT2D eigenvalue weighted by molar-refractivity contribution is 5.49. The van der Waals surface area contributed by atoms with E-state index in [-0.39, 0.29) is 0 Å². The van der Waals surface area contributed by atoms with Gasteiger partial charge in [0.15, 0.2) is 0 Å². The lowest BCUT2D eigenvalue weighted by atomic mass is 9.98. The molecule has 1 unspecified atom stereocenters. The predicted octanol–water partition coefficient (Wildman–Crippen LogP) is 2.58. The van der Waals surface area contributed by atoms with Crippen LogP contribution in [0.4, 0.5) is 5.69 Å². The Morgan fingerprint density at radius 2 is 1.80 bits per heavy atom. The van der Waals surface area contributed by atoms with Gasteiger partial charge in [0.1, 0.15) is 5.75 Å². The minimum absolute atomic E-state index is 0.301. The van der Waals surface area contributed by atoms with E-state index in [4.69, 9.17) is 9.84 Å². The standard InChI is InChI=1S/C23H29N5O2/c1-30-19-10-8-18(9-11-19)26-14-16-27(17-15-26)23(12-4-5-13-24-23)28-22(29)20-6-2-3-7-21(20)25-28/h4-5,8-13,24,29H,2-3,6-7,14-17H2,1H3. The van der Waals surface area contributed by atoms with Crippen molar-refractivity contribution in [3.05, 3.63) is 60.0 Å². The van der Waals surface area contributed by atoms with E-state index in [0.717, 1.165) is 68.9 Å². The van der Waals surface area contributed by atoms with E-state index in [0.29, 0.717) is 5.88 Å². The predicted molar refractivity (Wildman–Crippen MR) is 117 cm³/mol. The van der Waals surface area contributed by atoms with Crippen LogP contribution < -0.4 is 15.0 Å². The number of fused-ring (bicyclic) bond motifs is 1. The second kappa shape index (κ2) is 7.72. The number of piperazine rings is 1. The number of nitrogens with one attached hydrogen (secondary N) is 1. The first kappa shape index (κ1) is 19.1. The van der Waals surface area contributed by atoms with Gasteiger partial charge in [-0.15, -0.1) is 0 Å². The van der Waals surface area contributed by atoms with Gasteiger partial charge in [0.25, 0.3) is 0 Å². The van der Waals surface area contributed by atoms with Crippen molar-refractivity contribution in [1.29, 1.82) is 0 Å². The zero-order valence-corrected chi connectivity index (χ0v) is 17.4. The van der Waals surface area contributed by atoms with Gasteiger partial charge < -0.3 is 20.1 Å². The molecule has 2 N–H and O–H groups in total. The number of methoxy groups -OCH3 is 1. The SMILES string of the molecule is COc1ccc(N2CCN(C3(n4nc5c(c4O)CCCC5)C=CC=CN3)CC2)cc1. The number of ether oxygens (including phenoxy) is 1. The lowest BCUT2D eigenvalue weighted by Gasteiger charge is -2.47. The Labute approximate surface area is 177 Å². The average Bonchev–Trinajstić information content (AvgIpc) is 3.17. The van der Waals surface area contributed by atoms with Gasteiger partial charge in [0, 0.05) is 37.4 Å². The van der Waals surface area contributed by atoms with E-state index in [1.54, 1.807) is 11.8 Å². The van der Waals surface area contributed by atoms with Crippen LogP contribution in [0, 0.1) is 0 Å². The molecule has 1 aromatic heterocycles. The van der Waals surface area contributed by atoms with Gasteiger partial charge in [0.2, 0.25) is 11.7 Å². The molecule has 7 nitrogen and oxygen atoms in total. The van der Waals surface area contributed by atoms with E-state index in [1.165, 1.54) is 5.69 Å². The highest BCUT2D eigenvalue weighted by atomic mass is 16.5. The van der Waals surface area contributed by atoms with Gasteiger partial charge in [0.05, 0.1) is 12.8 Å². The van der Waals surface area contributed by atoms with Crippen LogP contribution in [0.5, 0.6) is 11.6 Å². The summed E-state index contributed by atoms with van der Waals surface area (Å²) in [7, 11) is 1.69. The fourth-order valence-corrected chi connectivity index (χ4v) is 4.80. The molecule has 5 rings (SSSR count). The Balaban J connectivity index is 1.40. The average molecular weight is 408 g/mol. The smallest absolute Gasteiger partial charge is 0.216 e. The van der Waals surface area contributed by atoms with Crippen LogP contribution in [0.3, 0.4) is 0 Å². The first-order valence-electron chi connectivity index (χ1n) is 10.8. The number of aryl methyl sites for hydroxylation is 1. The maximum absolute atomic E-state index is 11.1. The van der Waals surface area contributed by atoms with Crippen molar-refractivity contribution in [2.75, 3.05) is 38.2 Å². The molecule has 30 heavy (non-hydrogen) atoms. The van der Waals surface area contributed by atoms with Crippen LogP contribution in [0.15, 0.2) is 48.7 Å². The monoisotopic (exact) mass is 407 g/mol. The summed E-state index contributed by atoms with van der Waals surface area (Å²) in [6.45, 7) is 3.49. The lowest BCUT2D eigenvalue weighted by molar-refractivity contribution is 0.0179. The second-order valence-electron chi connectivity index (χ2n) is 8.13. The number of nitrogens with zero attached hydrogens (tertiary/aromatic N) is 4. The molecule has 3 heterocycles. The topological polar surface area (TPSA) is 65.8 Å². The largest absolute Gasteiger partial charge is 0.497 e. The molecule has 1 saturated heterocycles. The zero-order valence-electron chi connectivity index (χ0n) is 17.4. The van der Waals surface area contributed by atoms with Gasteiger partial charge in [-0.2, -0.15) is 9.78 Å². The molecule has 1 fully saturated rings. The molecule has 0 amide bonds. The minimum Gasteiger partial charge on any atom is -0.497 e. The van der Waals surface area contributed by atoms with Crippen molar-refractivity contribution in [3.8, 4) is 11.6 Å². The molecule has 1 aliphatic carbocycles. The maximum atomic E-state index is 11.1. The summed E-state index contributed by atoms with van der Waals surface area (Å²) in [5, 5.41) is 19.4. The van der Waals surface area contributed by atoms with Crippen molar-refractivity contribution in [3.63, 3.8) is 0 Å². The van der Waals surface area contributed by atoms with Crippen molar-refractivity contribution in [1.82, 2.24) is 20.0 Å². The molecule has 0 bridgehead atoms. The third kappa shape index (κ3) is 3.13. The molecular weight excluding hydrogens is 378 g/mol. The molecule has 1 atom stereocenters. The minimum atomic E-state index is -0.678. The number of aromatic nitrogens is 2. The van der Waals surface area contributed by atoms with E-state index in [2.05, 4.69) is 33.3 Å². The number of aromatic hydroxyl groups is 1. The highest BCUT2D eigenvalue weighted by Gasteiger charge is 2.42. The van der Waals surface area contributed by atoms with Crippen LogP contribution in [-0.2, 0) is 18.6 Å². The van der Waals surface area contributed by atoms with Crippen LogP contribution in [0.1, 0.15) is 24.1 Å². The number of dihydropyridines is 1. The molecule has 0 radical (unpaired) electrons. The number of anilines is 1. The normalized spacial score (nSPS) is 23.8. The molecule has 0 saturated carbocycles. The number of rotatable bonds is 4. The van der Waals surface area contributed by atoms with Crippen molar-refractivity contribution >= 4 is 5.69 Å². The Morgan fingerprint density at radius 3 is 2.47 bits per heavy atom. The maximum Gasteiger partial charge on any atom is 0.216 e. The fourth-order valence-electron chi connectivity index (χ4n) is 4.80. The summed E-state index contributed by atoms with van der Waals surface area (Å²) in [6.07, 6.45) is 12.2. The summed E-state index contributed by atoms with van der Waals surface area (Å²) in [6, 6.07) is 8.23. The summed E-state index contributed by atoms with van der Waals surface area (Å²) in [4.78, 5) is 4.76. The van der Waals surface area contributed by atoms with Crippen LogP contribution in [-0.4, -0.2) is 53.1 Å². The van der Waals surface area contributed by atoms with Crippen molar-refractivity contribution < 1.29 is 9.84 Å². The lowest BCUT2D eigenvalue weighted by Crippen LogP contribution is -2.63. The Bertz CT molecular complexity index is 957. The van der Waals surface area contributed by atoms with Crippen LogP contribution in [0.25, 0.3) is 0 Å². The Kier molecular flexibility index (Phi) is 4.90. The summed E-state index contributed by atoms with van der Waals surface area (Å²) < 4.78 is 7.08. The molecule has 158 valence electrons. The number of allylic oxidation sites excluding steroid dienone is 2. The van der Waals surface area contributed by atoms with Crippen LogP contribution >= 0.6 is 0 Å². The number of hydrogen-bond donors (Lipinski definition) is 2. The van der Waals surface area contributed by atoms with Crippen molar-refractivity contribution in [2.24, 2.45) is 0 Å². The van der Waals surface area contributed by atoms with E-state index >= 15 is 0 Å².